The Labute approximate surface area is 127 Å². The molecular formula is C17H26N2O2. The maximum absolute atomic E-state index is 11.8. The molecule has 0 aliphatic carbocycles. The summed E-state index contributed by atoms with van der Waals surface area (Å²) in [5, 5.41) is 6.86. The molecule has 0 radical (unpaired) electrons. The molecule has 116 valence electrons. The molecule has 1 rings (SSSR count). The van der Waals surface area contributed by atoms with Gasteiger partial charge in [-0.3, -0.25) is 4.79 Å². The Hall–Kier alpha value is -1.84. The summed E-state index contributed by atoms with van der Waals surface area (Å²) in [6, 6.07) is 5.92. The first kappa shape index (κ1) is 17.2. The molecule has 4 nitrogen and oxygen atoms in total. The fourth-order valence-corrected chi connectivity index (χ4v) is 1.81. The molecule has 0 atom stereocenters. The number of benzene rings is 1. The van der Waals surface area contributed by atoms with Gasteiger partial charge in [0.1, 0.15) is 0 Å². The van der Waals surface area contributed by atoms with Crippen molar-refractivity contribution in [3.8, 4) is 0 Å². The van der Waals surface area contributed by atoms with Crippen molar-refractivity contribution in [3.05, 3.63) is 29.3 Å². The van der Waals surface area contributed by atoms with E-state index in [-0.39, 0.29) is 17.9 Å². The van der Waals surface area contributed by atoms with Crippen LogP contribution >= 0.6 is 0 Å². The van der Waals surface area contributed by atoms with Crippen molar-refractivity contribution in [2.24, 2.45) is 10.6 Å². The van der Waals surface area contributed by atoms with Gasteiger partial charge in [-0.05, 0) is 50.5 Å². The molecule has 4 heteroatoms. The van der Waals surface area contributed by atoms with Gasteiger partial charge in [0.2, 0.25) is 0 Å². The second-order valence-electron chi connectivity index (χ2n) is 6.11. The number of carbonyl (C=O) groups excluding carboxylic acids is 1. The van der Waals surface area contributed by atoms with Gasteiger partial charge in [-0.25, -0.2) is 0 Å². The molecule has 0 fully saturated rings. The molecule has 1 aromatic rings. The van der Waals surface area contributed by atoms with Crippen molar-refractivity contribution < 1.29 is 9.63 Å². The van der Waals surface area contributed by atoms with Crippen molar-refractivity contribution in [1.29, 1.82) is 0 Å². The normalized spacial score (nSPS) is 12.2. The summed E-state index contributed by atoms with van der Waals surface area (Å²) in [5.74, 6) is -0.203. The minimum absolute atomic E-state index is 0.00979. The number of hydrogen-bond donors (Lipinski definition) is 1. The number of nitrogens with one attached hydrogen (secondary N) is 1. The molecule has 1 amide bonds. The Morgan fingerprint density at radius 3 is 2.33 bits per heavy atom. The van der Waals surface area contributed by atoms with Gasteiger partial charge in [0.25, 0.3) is 5.91 Å². The van der Waals surface area contributed by atoms with Gasteiger partial charge >= 0.3 is 0 Å². The topological polar surface area (TPSA) is 50.7 Å². The van der Waals surface area contributed by atoms with Crippen LogP contribution in [0.2, 0.25) is 0 Å². The highest BCUT2D eigenvalue weighted by Gasteiger charge is 2.19. The molecule has 0 aliphatic heterocycles. The quantitative estimate of drug-likeness (QED) is 0.634. The molecule has 0 aromatic heterocycles. The van der Waals surface area contributed by atoms with Crippen molar-refractivity contribution in [3.63, 3.8) is 0 Å². The average molecular weight is 290 g/mol. The largest absolute Gasteiger partial charge is 0.386 e. The molecule has 1 aromatic carbocycles. The third kappa shape index (κ3) is 5.58. The third-order valence-corrected chi connectivity index (χ3v) is 3.77. The predicted molar refractivity (Wildman–Crippen MR) is 87.7 cm³/mol. The van der Waals surface area contributed by atoms with Gasteiger partial charge in [0, 0.05) is 11.1 Å². The van der Waals surface area contributed by atoms with Crippen LogP contribution in [0.15, 0.2) is 23.4 Å². The van der Waals surface area contributed by atoms with Gasteiger partial charge in [-0.2, -0.15) is 0 Å². The second-order valence-corrected chi connectivity index (χ2v) is 6.11. The van der Waals surface area contributed by atoms with Crippen LogP contribution in [0.25, 0.3) is 0 Å². The number of rotatable bonds is 6. The summed E-state index contributed by atoms with van der Waals surface area (Å²) < 4.78 is 0. The SMILES string of the molecule is CCC(C)(C)/C(C)=N/OCC(=O)Nc1cc(C)cc(C)c1. The van der Waals surface area contributed by atoms with Crippen LogP contribution in [0.3, 0.4) is 0 Å². The molecule has 0 spiro atoms. The first-order valence-electron chi connectivity index (χ1n) is 7.30. The van der Waals surface area contributed by atoms with E-state index in [4.69, 9.17) is 4.84 Å². The molecule has 21 heavy (non-hydrogen) atoms. The minimum atomic E-state index is -0.203. The standard InChI is InChI=1S/C17H26N2O2/c1-7-17(5,6)14(4)19-21-11-16(20)18-15-9-12(2)8-13(3)10-15/h8-10H,7,11H2,1-6H3,(H,18,20)/b19-14+. The fraction of sp³-hybridized carbons (Fsp3) is 0.529. The highest BCUT2D eigenvalue weighted by atomic mass is 16.6. The lowest BCUT2D eigenvalue weighted by Crippen LogP contribution is -2.22. The van der Waals surface area contributed by atoms with E-state index in [1.165, 1.54) is 0 Å². The Morgan fingerprint density at radius 1 is 1.24 bits per heavy atom. The summed E-state index contributed by atoms with van der Waals surface area (Å²) in [6.07, 6.45) is 0.973. The zero-order valence-electron chi connectivity index (χ0n) is 13.9. The van der Waals surface area contributed by atoms with Gasteiger partial charge in [0.15, 0.2) is 6.61 Å². The monoisotopic (exact) mass is 290 g/mol. The predicted octanol–water partition coefficient (Wildman–Crippen LogP) is 4.07. The van der Waals surface area contributed by atoms with Crippen molar-refractivity contribution in [1.82, 2.24) is 0 Å². The van der Waals surface area contributed by atoms with Crippen molar-refractivity contribution in [2.75, 3.05) is 11.9 Å². The molecule has 0 saturated heterocycles. The first-order chi connectivity index (χ1) is 9.74. The number of amides is 1. The van der Waals surface area contributed by atoms with Crippen LogP contribution in [0.4, 0.5) is 5.69 Å². The van der Waals surface area contributed by atoms with Gasteiger partial charge in [-0.1, -0.05) is 32.0 Å². The summed E-state index contributed by atoms with van der Waals surface area (Å²) in [6.45, 7) is 12.1. The average Bonchev–Trinajstić information content (AvgIpc) is 2.37. The number of hydrogen-bond acceptors (Lipinski definition) is 3. The van der Waals surface area contributed by atoms with E-state index < -0.39 is 0 Å². The highest BCUT2D eigenvalue weighted by Crippen LogP contribution is 2.21. The Morgan fingerprint density at radius 2 is 1.81 bits per heavy atom. The molecule has 0 bridgehead atoms. The highest BCUT2D eigenvalue weighted by molar-refractivity contribution is 5.92. The maximum atomic E-state index is 11.8. The maximum Gasteiger partial charge on any atom is 0.265 e. The van der Waals surface area contributed by atoms with E-state index in [0.29, 0.717) is 0 Å². The Kier molecular flexibility index (Phi) is 5.94. The van der Waals surface area contributed by atoms with E-state index in [9.17, 15) is 4.79 Å². The van der Waals surface area contributed by atoms with Crippen LogP contribution in [-0.4, -0.2) is 18.2 Å². The molecule has 1 N–H and O–H groups in total. The summed E-state index contributed by atoms with van der Waals surface area (Å²) >= 11 is 0. The number of nitrogens with zero attached hydrogens (tertiary/aromatic N) is 1. The molecule has 0 saturated carbocycles. The van der Waals surface area contributed by atoms with Crippen LogP contribution < -0.4 is 5.32 Å². The third-order valence-electron chi connectivity index (χ3n) is 3.77. The van der Waals surface area contributed by atoms with Gasteiger partial charge in [-0.15, -0.1) is 0 Å². The number of aryl methyl sites for hydroxylation is 2. The smallest absolute Gasteiger partial charge is 0.265 e. The zero-order chi connectivity index (χ0) is 16.0. The Bertz CT molecular complexity index is 513. The zero-order valence-corrected chi connectivity index (χ0v) is 13.9. The van der Waals surface area contributed by atoms with Crippen LogP contribution in [0, 0.1) is 19.3 Å². The van der Waals surface area contributed by atoms with E-state index in [0.717, 1.165) is 28.9 Å². The number of oxime groups is 1. The molecule has 0 aliphatic rings. The van der Waals surface area contributed by atoms with E-state index in [1.807, 2.05) is 32.9 Å². The van der Waals surface area contributed by atoms with E-state index in [1.54, 1.807) is 0 Å². The lowest BCUT2D eigenvalue weighted by molar-refractivity contribution is -0.120. The lowest BCUT2D eigenvalue weighted by Gasteiger charge is -2.21. The van der Waals surface area contributed by atoms with Crippen LogP contribution in [0.1, 0.15) is 45.2 Å². The fourth-order valence-electron chi connectivity index (χ4n) is 1.81. The molecular weight excluding hydrogens is 264 g/mol. The summed E-state index contributed by atoms with van der Waals surface area (Å²) in [5.41, 5.74) is 3.90. The first-order valence-corrected chi connectivity index (χ1v) is 7.30. The van der Waals surface area contributed by atoms with Crippen molar-refractivity contribution in [2.45, 2.75) is 48.0 Å². The minimum Gasteiger partial charge on any atom is -0.386 e. The number of anilines is 1. The summed E-state index contributed by atoms with van der Waals surface area (Å²) in [4.78, 5) is 17.0. The van der Waals surface area contributed by atoms with Crippen LogP contribution in [-0.2, 0) is 9.63 Å². The van der Waals surface area contributed by atoms with E-state index >= 15 is 0 Å². The van der Waals surface area contributed by atoms with E-state index in [2.05, 4.69) is 37.3 Å². The molecule has 0 heterocycles. The van der Waals surface area contributed by atoms with Gasteiger partial charge < -0.3 is 10.2 Å². The lowest BCUT2D eigenvalue weighted by atomic mass is 9.86. The Balaban J connectivity index is 2.53. The van der Waals surface area contributed by atoms with Crippen molar-refractivity contribution >= 4 is 17.3 Å². The van der Waals surface area contributed by atoms with Gasteiger partial charge in [0.05, 0.1) is 5.71 Å². The second kappa shape index (κ2) is 7.25. The van der Waals surface area contributed by atoms with Crippen LogP contribution in [0.5, 0.6) is 0 Å². The summed E-state index contributed by atoms with van der Waals surface area (Å²) in [7, 11) is 0. The number of carbonyl (C=O) groups is 1. The molecule has 0 unspecified atom stereocenters.